The highest BCUT2D eigenvalue weighted by Gasteiger charge is 2.21. The Labute approximate surface area is 183 Å². The van der Waals surface area contributed by atoms with Crippen molar-refractivity contribution in [3.63, 3.8) is 0 Å². The molecule has 1 fully saturated rings. The lowest BCUT2D eigenvalue weighted by Gasteiger charge is -2.23. The van der Waals surface area contributed by atoms with Gasteiger partial charge in [0, 0.05) is 18.7 Å². The van der Waals surface area contributed by atoms with Gasteiger partial charge < -0.3 is 15.5 Å². The summed E-state index contributed by atoms with van der Waals surface area (Å²) < 4.78 is 0. The summed E-state index contributed by atoms with van der Waals surface area (Å²) >= 11 is 0. The van der Waals surface area contributed by atoms with Crippen LogP contribution in [0.5, 0.6) is 0 Å². The highest BCUT2D eigenvalue weighted by atomic mass is 16.2. The van der Waals surface area contributed by atoms with E-state index in [0.717, 1.165) is 30.0 Å². The van der Waals surface area contributed by atoms with Crippen molar-refractivity contribution >= 4 is 23.2 Å². The molecule has 1 aliphatic rings. The monoisotopic (exact) mass is 413 g/mol. The third kappa shape index (κ3) is 5.31. The quantitative estimate of drug-likeness (QED) is 0.586. The second-order valence-electron chi connectivity index (χ2n) is 7.77. The highest BCUT2D eigenvalue weighted by molar-refractivity contribution is 5.97. The molecule has 1 saturated heterocycles. The Kier molecular flexibility index (Phi) is 6.62. The summed E-state index contributed by atoms with van der Waals surface area (Å²) in [5.41, 5.74) is 3.34. The fraction of sp³-hybridized carbons (Fsp3) is 0.231. The third-order valence-electron chi connectivity index (χ3n) is 5.56. The molecule has 0 bridgehead atoms. The number of amides is 2. The van der Waals surface area contributed by atoms with Gasteiger partial charge in [-0.1, -0.05) is 60.7 Å². The summed E-state index contributed by atoms with van der Waals surface area (Å²) in [6.07, 6.45) is 2.49. The van der Waals surface area contributed by atoms with E-state index in [1.807, 2.05) is 72.8 Å². The molecule has 5 nitrogen and oxygen atoms in total. The largest absolute Gasteiger partial charge is 0.370 e. The van der Waals surface area contributed by atoms with E-state index in [1.165, 1.54) is 12.8 Å². The standard InChI is InChI=1S/C26H27N3O2/c30-25(27-22-15-7-8-16-24(22)29-17-9-10-18-29)19-23(20-11-3-1-4-12-20)28-26(31)21-13-5-2-6-14-21/h1-8,11-16,23H,9-10,17-19H2,(H,27,30)(H,28,31)/t23-/m0/s1. The molecule has 0 aromatic heterocycles. The predicted octanol–water partition coefficient (Wildman–Crippen LogP) is 4.79. The van der Waals surface area contributed by atoms with Crippen LogP contribution in [0.3, 0.4) is 0 Å². The molecule has 3 aromatic rings. The molecule has 3 aromatic carbocycles. The molecule has 2 N–H and O–H groups in total. The lowest BCUT2D eigenvalue weighted by molar-refractivity contribution is -0.116. The van der Waals surface area contributed by atoms with Crippen LogP contribution in [0.15, 0.2) is 84.9 Å². The van der Waals surface area contributed by atoms with Crippen molar-refractivity contribution in [2.75, 3.05) is 23.3 Å². The van der Waals surface area contributed by atoms with Gasteiger partial charge >= 0.3 is 0 Å². The number of carbonyl (C=O) groups is 2. The van der Waals surface area contributed by atoms with Crippen LogP contribution in [0.25, 0.3) is 0 Å². The minimum Gasteiger partial charge on any atom is -0.370 e. The number of hydrogen-bond acceptors (Lipinski definition) is 3. The minimum atomic E-state index is -0.423. The second kappa shape index (κ2) is 9.94. The first kappa shape index (κ1) is 20.7. The fourth-order valence-electron chi connectivity index (χ4n) is 3.97. The predicted molar refractivity (Wildman–Crippen MR) is 124 cm³/mol. The molecule has 0 unspecified atom stereocenters. The number of para-hydroxylation sites is 2. The number of benzene rings is 3. The lowest BCUT2D eigenvalue weighted by atomic mass is 10.0. The molecule has 0 radical (unpaired) electrons. The molecular formula is C26H27N3O2. The lowest BCUT2D eigenvalue weighted by Crippen LogP contribution is -2.31. The van der Waals surface area contributed by atoms with Gasteiger partial charge in [0.25, 0.3) is 5.91 Å². The van der Waals surface area contributed by atoms with Crippen molar-refractivity contribution in [3.8, 4) is 0 Å². The van der Waals surface area contributed by atoms with Gasteiger partial charge in [0.2, 0.25) is 5.91 Å². The van der Waals surface area contributed by atoms with E-state index in [4.69, 9.17) is 0 Å². The zero-order chi connectivity index (χ0) is 21.5. The maximum atomic E-state index is 13.0. The van der Waals surface area contributed by atoms with E-state index < -0.39 is 6.04 Å². The first-order chi connectivity index (χ1) is 15.2. The van der Waals surface area contributed by atoms with Crippen molar-refractivity contribution in [1.82, 2.24) is 5.32 Å². The first-order valence-electron chi connectivity index (χ1n) is 10.8. The van der Waals surface area contributed by atoms with Gasteiger partial charge in [-0.05, 0) is 42.7 Å². The fourth-order valence-corrected chi connectivity index (χ4v) is 3.97. The molecule has 0 aliphatic carbocycles. The van der Waals surface area contributed by atoms with Crippen LogP contribution < -0.4 is 15.5 Å². The summed E-state index contributed by atoms with van der Waals surface area (Å²) in [7, 11) is 0. The molecule has 5 heteroatoms. The number of nitrogens with one attached hydrogen (secondary N) is 2. The number of nitrogens with zero attached hydrogens (tertiary/aromatic N) is 1. The van der Waals surface area contributed by atoms with Crippen LogP contribution in [0.4, 0.5) is 11.4 Å². The summed E-state index contributed by atoms with van der Waals surface area (Å²) in [5, 5.41) is 6.09. The Morgan fingerprint density at radius 3 is 2.13 bits per heavy atom. The maximum Gasteiger partial charge on any atom is 0.251 e. The maximum absolute atomic E-state index is 13.0. The van der Waals surface area contributed by atoms with Gasteiger partial charge in [-0.15, -0.1) is 0 Å². The Morgan fingerprint density at radius 2 is 1.42 bits per heavy atom. The van der Waals surface area contributed by atoms with E-state index in [0.29, 0.717) is 5.56 Å². The topological polar surface area (TPSA) is 61.4 Å². The summed E-state index contributed by atoms with van der Waals surface area (Å²) in [6.45, 7) is 2.01. The summed E-state index contributed by atoms with van der Waals surface area (Å²) in [6, 6.07) is 26.2. The van der Waals surface area contributed by atoms with Crippen LogP contribution >= 0.6 is 0 Å². The van der Waals surface area contributed by atoms with Crippen molar-refractivity contribution in [2.45, 2.75) is 25.3 Å². The molecule has 4 rings (SSSR count). The number of carbonyl (C=O) groups excluding carboxylic acids is 2. The zero-order valence-corrected chi connectivity index (χ0v) is 17.5. The number of anilines is 2. The summed E-state index contributed by atoms with van der Waals surface area (Å²) in [4.78, 5) is 28.1. The molecule has 0 spiro atoms. The number of hydrogen-bond donors (Lipinski definition) is 2. The molecule has 2 amide bonds. The van der Waals surface area contributed by atoms with Gasteiger partial charge in [-0.2, -0.15) is 0 Å². The van der Waals surface area contributed by atoms with E-state index >= 15 is 0 Å². The molecule has 158 valence electrons. The Hall–Kier alpha value is -3.60. The number of rotatable bonds is 7. The molecule has 1 heterocycles. The molecule has 31 heavy (non-hydrogen) atoms. The van der Waals surface area contributed by atoms with Crippen molar-refractivity contribution < 1.29 is 9.59 Å². The van der Waals surface area contributed by atoms with Gasteiger partial charge in [-0.25, -0.2) is 0 Å². The van der Waals surface area contributed by atoms with Crippen molar-refractivity contribution in [1.29, 1.82) is 0 Å². The molecule has 1 aliphatic heterocycles. The molecular weight excluding hydrogens is 386 g/mol. The van der Waals surface area contributed by atoms with E-state index in [1.54, 1.807) is 12.1 Å². The van der Waals surface area contributed by atoms with Gasteiger partial charge in [-0.3, -0.25) is 9.59 Å². The molecule has 1 atom stereocenters. The van der Waals surface area contributed by atoms with Gasteiger partial charge in [0.15, 0.2) is 0 Å². The minimum absolute atomic E-state index is 0.131. The van der Waals surface area contributed by atoms with Crippen molar-refractivity contribution in [3.05, 3.63) is 96.1 Å². The van der Waals surface area contributed by atoms with Crippen LogP contribution in [0, 0.1) is 0 Å². The first-order valence-corrected chi connectivity index (χ1v) is 10.8. The van der Waals surface area contributed by atoms with Crippen molar-refractivity contribution in [2.24, 2.45) is 0 Å². The van der Waals surface area contributed by atoms with Crippen LogP contribution in [-0.4, -0.2) is 24.9 Å². The van der Waals surface area contributed by atoms with Crippen LogP contribution in [0.2, 0.25) is 0 Å². The van der Waals surface area contributed by atoms with Gasteiger partial charge in [0.1, 0.15) is 0 Å². The van der Waals surface area contributed by atoms with E-state index in [2.05, 4.69) is 15.5 Å². The third-order valence-corrected chi connectivity index (χ3v) is 5.56. The van der Waals surface area contributed by atoms with E-state index in [9.17, 15) is 9.59 Å². The normalized spacial score (nSPS) is 14.1. The molecule has 0 saturated carbocycles. The summed E-state index contributed by atoms with van der Waals surface area (Å²) in [5.74, 6) is -0.325. The van der Waals surface area contributed by atoms with Crippen LogP contribution in [0.1, 0.15) is 41.2 Å². The average Bonchev–Trinajstić information content (AvgIpc) is 3.35. The van der Waals surface area contributed by atoms with E-state index in [-0.39, 0.29) is 18.2 Å². The van der Waals surface area contributed by atoms with Gasteiger partial charge in [0.05, 0.1) is 23.8 Å². The Morgan fingerprint density at radius 1 is 0.806 bits per heavy atom. The Balaban J connectivity index is 1.49. The second-order valence-corrected chi connectivity index (χ2v) is 7.77. The smallest absolute Gasteiger partial charge is 0.251 e. The highest BCUT2D eigenvalue weighted by Crippen LogP contribution is 2.29. The van der Waals surface area contributed by atoms with Crippen LogP contribution in [-0.2, 0) is 4.79 Å². The zero-order valence-electron chi connectivity index (χ0n) is 17.5. The SMILES string of the molecule is O=C(C[C@H](NC(=O)c1ccccc1)c1ccccc1)Nc1ccccc1N1CCCC1. The Bertz CT molecular complexity index is 1020. The average molecular weight is 414 g/mol.